The third kappa shape index (κ3) is 5.55. The summed E-state index contributed by atoms with van der Waals surface area (Å²) in [6.07, 6.45) is -0.807. The van der Waals surface area contributed by atoms with Crippen LogP contribution in [0, 0.1) is 5.41 Å². The Balaban J connectivity index is 4.66. The van der Waals surface area contributed by atoms with E-state index in [0.29, 0.717) is 6.42 Å². The van der Waals surface area contributed by atoms with E-state index in [1.165, 1.54) is 14.2 Å². The molecule has 0 saturated carbocycles. The van der Waals surface area contributed by atoms with E-state index in [-0.39, 0.29) is 5.41 Å². The highest BCUT2D eigenvalue weighted by atomic mass is 16.7. The highest BCUT2D eigenvalue weighted by molar-refractivity contribution is 5.84. The van der Waals surface area contributed by atoms with Gasteiger partial charge in [0, 0.05) is 7.05 Å². The van der Waals surface area contributed by atoms with Gasteiger partial charge in [-0.25, -0.2) is 9.86 Å². The van der Waals surface area contributed by atoms with E-state index in [1.54, 1.807) is 0 Å². The van der Waals surface area contributed by atoms with Crippen LogP contribution in [-0.2, 0) is 9.63 Å². The van der Waals surface area contributed by atoms with Crippen LogP contribution in [0.3, 0.4) is 0 Å². The number of nitrogens with one attached hydrogen (secondary N) is 1. The first-order chi connectivity index (χ1) is 7.17. The van der Waals surface area contributed by atoms with Crippen molar-refractivity contribution in [2.24, 2.45) is 5.41 Å². The van der Waals surface area contributed by atoms with Crippen molar-refractivity contribution in [2.45, 2.75) is 33.2 Å². The van der Waals surface area contributed by atoms with Crippen molar-refractivity contribution in [3.05, 3.63) is 0 Å². The molecule has 0 aromatic rings. The summed E-state index contributed by atoms with van der Waals surface area (Å²) in [7, 11) is 2.80. The fraction of sp³-hybridized carbons (Fsp3) is 0.800. The Bertz CT molecular complexity index is 260. The lowest BCUT2D eigenvalue weighted by atomic mass is 9.88. The largest absolute Gasteiger partial charge is 0.465 e. The van der Waals surface area contributed by atoms with Gasteiger partial charge in [0.2, 0.25) is 0 Å². The van der Waals surface area contributed by atoms with Crippen molar-refractivity contribution in [3.63, 3.8) is 0 Å². The van der Waals surface area contributed by atoms with Crippen molar-refractivity contribution < 1.29 is 19.5 Å². The predicted octanol–water partition coefficient (Wildman–Crippen LogP) is 1.08. The van der Waals surface area contributed by atoms with Gasteiger partial charge in [0.1, 0.15) is 6.04 Å². The maximum Gasteiger partial charge on any atom is 0.405 e. The third-order valence-electron chi connectivity index (χ3n) is 2.00. The van der Waals surface area contributed by atoms with Gasteiger partial charge in [-0.1, -0.05) is 20.8 Å². The lowest BCUT2D eigenvalue weighted by Crippen LogP contribution is -2.48. The van der Waals surface area contributed by atoms with Gasteiger partial charge in [-0.2, -0.15) is 0 Å². The Morgan fingerprint density at radius 1 is 1.44 bits per heavy atom. The third-order valence-corrected chi connectivity index (χ3v) is 2.00. The average Bonchev–Trinajstić information content (AvgIpc) is 2.11. The molecule has 0 fully saturated rings. The number of carbonyl (C=O) groups is 2. The molecule has 0 aromatic carbocycles. The first kappa shape index (κ1) is 14.7. The summed E-state index contributed by atoms with van der Waals surface area (Å²) in [5, 5.41) is 11.9. The molecule has 2 amide bonds. The molecule has 0 aliphatic rings. The number of nitrogens with zero attached hydrogens (tertiary/aromatic N) is 1. The fourth-order valence-corrected chi connectivity index (χ4v) is 1.27. The molecule has 0 saturated heterocycles. The van der Waals surface area contributed by atoms with Crippen LogP contribution in [0.1, 0.15) is 27.2 Å². The predicted molar refractivity (Wildman–Crippen MR) is 58.8 cm³/mol. The highest BCUT2D eigenvalue weighted by Crippen LogP contribution is 2.21. The molecule has 2 N–H and O–H groups in total. The van der Waals surface area contributed by atoms with E-state index >= 15 is 0 Å². The second-order valence-electron chi connectivity index (χ2n) is 4.79. The minimum absolute atomic E-state index is 0.155. The lowest BCUT2D eigenvalue weighted by Gasteiger charge is -2.27. The zero-order valence-electron chi connectivity index (χ0n) is 10.4. The number of carboxylic acid groups (broad SMARTS) is 1. The van der Waals surface area contributed by atoms with Gasteiger partial charge in [0.05, 0.1) is 7.11 Å². The lowest BCUT2D eigenvalue weighted by molar-refractivity contribution is -0.171. The molecule has 0 rings (SSSR count). The molecule has 6 nitrogen and oxygen atoms in total. The molecule has 94 valence electrons. The molecule has 0 spiro atoms. The molecular formula is C10H20N2O4. The second kappa shape index (κ2) is 5.69. The number of hydroxylamine groups is 2. The molecule has 0 aliphatic carbocycles. The topological polar surface area (TPSA) is 78.9 Å². The molecule has 16 heavy (non-hydrogen) atoms. The summed E-state index contributed by atoms with van der Waals surface area (Å²) in [4.78, 5) is 27.1. The van der Waals surface area contributed by atoms with Gasteiger partial charge < -0.3 is 10.4 Å². The zero-order chi connectivity index (χ0) is 12.9. The van der Waals surface area contributed by atoms with E-state index in [2.05, 4.69) is 5.32 Å². The Morgan fingerprint density at radius 2 is 1.94 bits per heavy atom. The second-order valence-corrected chi connectivity index (χ2v) is 4.79. The quantitative estimate of drug-likeness (QED) is 0.711. The molecule has 0 bridgehead atoms. The smallest absolute Gasteiger partial charge is 0.405 e. The molecule has 0 unspecified atom stereocenters. The number of likely N-dealkylation sites (N-methyl/N-ethyl adjacent to an activating group) is 1. The maximum absolute atomic E-state index is 11.8. The number of amides is 2. The van der Waals surface area contributed by atoms with Crippen LogP contribution >= 0.6 is 0 Å². The average molecular weight is 232 g/mol. The van der Waals surface area contributed by atoms with Crippen LogP contribution in [0.15, 0.2) is 0 Å². The fourth-order valence-electron chi connectivity index (χ4n) is 1.27. The number of rotatable bonds is 4. The maximum atomic E-state index is 11.8. The Morgan fingerprint density at radius 3 is 2.25 bits per heavy atom. The van der Waals surface area contributed by atoms with Crippen LogP contribution in [0.2, 0.25) is 0 Å². The molecule has 6 heteroatoms. The van der Waals surface area contributed by atoms with Gasteiger partial charge in [0.15, 0.2) is 0 Å². The van der Waals surface area contributed by atoms with E-state index in [1.807, 2.05) is 20.8 Å². The van der Waals surface area contributed by atoms with Crippen molar-refractivity contribution in [1.29, 1.82) is 0 Å². The van der Waals surface area contributed by atoms with Gasteiger partial charge >= 0.3 is 6.09 Å². The van der Waals surface area contributed by atoms with Crippen LogP contribution < -0.4 is 5.32 Å². The minimum Gasteiger partial charge on any atom is -0.465 e. The van der Waals surface area contributed by atoms with Crippen LogP contribution in [-0.4, -0.2) is 42.4 Å². The summed E-state index contributed by atoms with van der Waals surface area (Å²) in [6.45, 7) is 5.80. The Hall–Kier alpha value is -1.30. The number of hydrogen-bond acceptors (Lipinski definition) is 3. The van der Waals surface area contributed by atoms with Crippen LogP contribution in [0.4, 0.5) is 4.79 Å². The molecule has 0 radical (unpaired) electrons. The standard InChI is InChI=1S/C10H20N2O4/c1-10(2,3)6-7(11-9(14)15)8(13)12(4)16-5/h7,11H,6H2,1-5H3,(H,14,15)/t7-/m1/s1. The van der Waals surface area contributed by atoms with Crippen molar-refractivity contribution in [1.82, 2.24) is 10.4 Å². The highest BCUT2D eigenvalue weighted by Gasteiger charge is 2.28. The van der Waals surface area contributed by atoms with Gasteiger partial charge in [-0.05, 0) is 11.8 Å². The van der Waals surface area contributed by atoms with Crippen molar-refractivity contribution in [2.75, 3.05) is 14.2 Å². The Labute approximate surface area is 95.5 Å². The molecule has 0 aliphatic heterocycles. The van der Waals surface area contributed by atoms with Gasteiger partial charge in [-0.3, -0.25) is 9.63 Å². The number of hydrogen-bond donors (Lipinski definition) is 2. The van der Waals surface area contributed by atoms with Crippen molar-refractivity contribution >= 4 is 12.0 Å². The van der Waals surface area contributed by atoms with Crippen LogP contribution in [0.25, 0.3) is 0 Å². The molecule has 0 aromatic heterocycles. The monoisotopic (exact) mass is 232 g/mol. The van der Waals surface area contributed by atoms with E-state index < -0.39 is 18.0 Å². The van der Waals surface area contributed by atoms with Crippen molar-refractivity contribution in [3.8, 4) is 0 Å². The molecule has 0 heterocycles. The van der Waals surface area contributed by atoms with E-state index in [0.717, 1.165) is 5.06 Å². The SMILES string of the molecule is CON(C)C(=O)[C@@H](CC(C)(C)C)NC(=O)O. The summed E-state index contributed by atoms with van der Waals surface area (Å²) < 4.78 is 0. The Kier molecular flexibility index (Phi) is 5.23. The van der Waals surface area contributed by atoms with Gasteiger partial charge in [0.25, 0.3) is 5.91 Å². The summed E-state index contributed by atoms with van der Waals surface area (Å²) in [5.74, 6) is -0.403. The van der Waals surface area contributed by atoms with E-state index in [9.17, 15) is 9.59 Å². The summed E-state index contributed by atoms with van der Waals surface area (Å²) in [5.41, 5.74) is -0.155. The summed E-state index contributed by atoms with van der Waals surface area (Å²) >= 11 is 0. The molecule has 1 atom stereocenters. The normalized spacial score (nSPS) is 13.1. The first-order valence-corrected chi connectivity index (χ1v) is 4.98. The van der Waals surface area contributed by atoms with E-state index in [4.69, 9.17) is 9.94 Å². The summed E-state index contributed by atoms with van der Waals surface area (Å²) in [6, 6.07) is -0.789. The number of carbonyl (C=O) groups excluding carboxylic acids is 1. The minimum atomic E-state index is -1.22. The zero-order valence-corrected chi connectivity index (χ0v) is 10.4. The first-order valence-electron chi connectivity index (χ1n) is 4.98. The van der Waals surface area contributed by atoms with Gasteiger partial charge in [-0.15, -0.1) is 0 Å². The van der Waals surface area contributed by atoms with Crippen LogP contribution in [0.5, 0.6) is 0 Å². The molecular weight excluding hydrogens is 212 g/mol.